The molecule has 2 unspecified atom stereocenters. The molecular weight excluding hydrogens is 254 g/mol. The van der Waals surface area contributed by atoms with E-state index in [0.717, 1.165) is 12.8 Å². The van der Waals surface area contributed by atoms with Gasteiger partial charge in [0.05, 0.1) is 6.04 Å². The smallest absolute Gasteiger partial charge is 0.303 e. The van der Waals surface area contributed by atoms with E-state index in [9.17, 15) is 9.59 Å². The van der Waals surface area contributed by atoms with Gasteiger partial charge in [0.2, 0.25) is 5.91 Å². The fraction of sp³-hybridized carbons (Fsp3) is 0.500. The van der Waals surface area contributed by atoms with Gasteiger partial charge >= 0.3 is 5.97 Å². The number of carboxylic acid groups (broad SMARTS) is 1. The van der Waals surface area contributed by atoms with E-state index in [0.29, 0.717) is 6.42 Å². The van der Waals surface area contributed by atoms with Crippen molar-refractivity contribution >= 4 is 11.9 Å². The van der Waals surface area contributed by atoms with Crippen molar-refractivity contribution in [1.29, 1.82) is 0 Å². The summed E-state index contributed by atoms with van der Waals surface area (Å²) >= 11 is 0. The molecule has 108 valence electrons. The van der Waals surface area contributed by atoms with E-state index in [1.165, 1.54) is 11.1 Å². The van der Waals surface area contributed by atoms with Gasteiger partial charge in [-0.25, -0.2) is 0 Å². The molecule has 4 heteroatoms. The van der Waals surface area contributed by atoms with E-state index in [2.05, 4.69) is 12.1 Å². The topological polar surface area (TPSA) is 57.6 Å². The lowest BCUT2D eigenvalue weighted by Gasteiger charge is -2.26. The van der Waals surface area contributed by atoms with Gasteiger partial charge < -0.3 is 10.0 Å². The Morgan fingerprint density at radius 1 is 1.35 bits per heavy atom. The van der Waals surface area contributed by atoms with E-state index >= 15 is 0 Å². The van der Waals surface area contributed by atoms with Gasteiger partial charge in [-0.1, -0.05) is 31.2 Å². The molecule has 1 aliphatic carbocycles. The predicted molar refractivity (Wildman–Crippen MR) is 76.3 cm³/mol. The molecule has 1 aromatic rings. The standard InChI is InChI=1S/C16H21NO3/c1-11(10-16(19)20)9-15(18)17(2)14-8-7-12-5-3-4-6-13(12)14/h3-6,11,14H,7-10H2,1-2H3,(H,19,20). The van der Waals surface area contributed by atoms with Crippen LogP contribution in [0.25, 0.3) is 0 Å². The molecule has 2 rings (SSSR count). The summed E-state index contributed by atoms with van der Waals surface area (Å²) in [6.07, 6.45) is 2.29. The molecule has 4 nitrogen and oxygen atoms in total. The highest BCUT2D eigenvalue weighted by molar-refractivity contribution is 5.77. The van der Waals surface area contributed by atoms with Gasteiger partial charge in [0.15, 0.2) is 0 Å². The zero-order valence-electron chi connectivity index (χ0n) is 12.0. The largest absolute Gasteiger partial charge is 0.481 e. The van der Waals surface area contributed by atoms with Crippen molar-refractivity contribution in [3.8, 4) is 0 Å². The van der Waals surface area contributed by atoms with Crippen LogP contribution in [0.4, 0.5) is 0 Å². The van der Waals surface area contributed by atoms with Crippen LogP contribution >= 0.6 is 0 Å². The molecule has 0 bridgehead atoms. The Balaban J connectivity index is 2.00. The molecule has 0 saturated carbocycles. The Hall–Kier alpha value is -1.84. The normalized spacial score (nSPS) is 18.4. The number of aliphatic carboxylic acids is 1. The molecule has 0 aliphatic heterocycles. The van der Waals surface area contributed by atoms with Gasteiger partial charge in [-0.15, -0.1) is 0 Å². The minimum Gasteiger partial charge on any atom is -0.481 e. The Morgan fingerprint density at radius 3 is 2.75 bits per heavy atom. The number of rotatable bonds is 5. The summed E-state index contributed by atoms with van der Waals surface area (Å²) in [5.74, 6) is -0.946. The van der Waals surface area contributed by atoms with Crippen molar-refractivity contribution in [2.75, 3.05) is 7.05 Å². The Kier molecular flexibility index (Phi) is 4.42. The molecule has 0 radical (unpaired) electrons. The summed E-state index contributed by atoms with van der Waals surface area (Å²) < 4.78 is 0. The van der Waals surface area contributed by atoms with Gasteiger partial charge in [-0.2, -0.15) is 0 Å². The SMILES string of the molecule is CC(CC(=O)O)CC(=O)N(C)C1CCc2ccccc21. The van der Waals surface area contributed by atoms with Crippen LogP contribution in [-0.4, -0.2) is 28.9 Å². The lowest BCUT2D eigenvalue weighted by atomic mass is 10.0. The first-order valence-electron chi connectivity index (χ1n) is 7.04. The monoisotopic (exact) mass is 275 g/mol. The molecule has 1 amide bonds. The second-order valence-corrected chi connectivity index (χ2v) is 5.67. The first-order valence-corrected chi connectivity index (χ1v) is 7.04. The molecule has 1 N–H and O–H groups in total. The molecule has 20 heavy (non-hydrogen) atoms. The van der Waals surface area contributed by atoms with Gasteiger partial charge in [-0.3, -0.25) is 9.59 Å². The van der Waals surface area contributed by atoms with Gasteiger partial charge in [0.1, 0.15) is 0 Å². The maximum atomic E-state index is 12.3. The van der Waals surface area contributed by atoms with Crippen LogP contribution in [0.15, 0.2) is 24.3 Å². The van der Waals surface area contributed by atoms with Crippen molar-refractivity contribution in [3.05, 3.63) is 35.4 Å². The summed E-state index contributed by atoms with van der Waals surface area (Å²) in [6, 6.07) is 8.36. The molecule has 1 aromatic carbocycles. The number of benzene rings is 1. The number of fused-ring (bicyclic) bond motifs is 1. The summed E-state index contributed by atoms with van der Waals surface area (Å²) in [6.45, 7) is 1.81. The molecular formula is C16H21NO3. The van der Waals surface area contributed by atoms with Crippen molar-refractivity contribution in [2.45, 2.75) is 38.6 Å². The lowest BCUT2D eigenvalue weighted by Crippen LogP contribution is -2.31. The van der Waals surface area contributed by atoms with E-state index in [-0.39, 0.29) is 24.3 Å². The van der Waals surface area contributed by atoms with Crippen LogP contribution in [0.2, 0.25) is 0 Å². The Labute approximate surface area is 119 Å². The maximum absolute atomic E-state index is 12.3. The van der Waals surface area contributed by atoms with E-state index < -0.39 is 5.97 Å². The summed E-state index contributed by atoms with van der Waals surface area (Å²) in [7, 11) is 1.82. The highest BCUT2D eigenvalue weighted by Gasteiger charge is 2.28. The Morgan fingerprint density at radius 2 is 2.05 bits per heavy atom. The first kappa shape index (κ1) is 14.6. The summed E-state index contributed by atoms with van der Waals surface area (Å²) in [4.78, 5) is 24.7. The average molecular weight is 275 g/mol. The van der Waals surface area contributed by atoms with E-state index in [1.807, 2.05) is 26.1 Å². The zero-order valence-corrected chi connectivity index (χ0v) is 12.0. The highest BCUT2D eigenvalue weighted by Crippen LogP contribution is 2.35. The highest BCUT2D eigenvalue weighted by atomic mass is 16.4. The van der Waals surface area contributed by atoms with E-state index in [1.54, 1.807) is 4.90 Å². The number of hydrogen-bond donors (Lipinski definition) is 1. The molecule has 2 atom stereocenters. The van der Waals surface area contributed by atoms with Gasteiger partial charge in [0.25, 0.3) is 0 Å². The number of carbonyl (C=O) groups is 2. The van der Waals surface area contributed by atoms with Crippen molar-refractivity contribution in [3.63, 3.8) is 0 Å². The van der Waals surface area contributed by atoms with Gasteiger partial charge in [0, 0.05) is 19.9 Å². The fourth-order valence-electron chi connectivity index (χ4n) is 2.92. The molecule has 0 spiro atoms. The average Bonchev–Trinajstić information content (AvgIpc) is 2.80. The van der Waals surface area contributed by atoms with Crippen LogP contribution in [0.1, 0.15) is 43.4 Å². The quantitative estimate of drug-likeness (QED) is 0.898. The number of carbonyl (C=O) groups excluding carboxylic acids is 1. The second kappa shape index (κ2) is 6.07. The molecule has 0 aromatic heterocycles. The number of amides is 1. The third-order valence-electron chi connectivity index (χ3n) is 4.01. The van der Waals surface area contributed by atoms with E-state index in [4.69, 9.17) is 5.11 Å². The fourth-order valence-corrected chi connectivity index (χ4v) is 2.92. The van der Waals surface area contributed by atoms with Crippen LogP contribution in [0, 0.1) is 5.92 Å². The Bertz CT molecular complexity index is 512. The molecule has 0 fully saturated rings. The second-order valence-electron chi connectivity index (χ2n) is 5.67. The third kappa shape index (κ3) is 3.18. The van der Waals surface area contributed by atoms with Crippen LogP contribution in [0.5, 0.6) is 0 Å². The van der Waals surface area contributed by atoms with Crippen LogP contribution < -0.4 is 0 Å². The van der Waals surface area contributed by atoms with Crippen molar-refractivity contribution in [2.24, 2.45) is 5.92 Å². The molecule has 0 heterocycles. The zero-order chi connectivity index (χ0) is 14.7. The van der Waals surface area contributed by atoms with Crippen LogP contribution in [-0.2, 0) is 16.0 Å². The molecule has 0 saturated heterocycles. The lowest BCUT2D eigenvalue weighted by molar-refractivity contribution is -0.138. The maximum Gasteiger partial charge on any atom is 0.303 e. The minimum absolute atomic E-state index is 0.0282. The van der Waals surface area contributed by atoms with Crippen molar-refractivity contribution < 1.29 is 14.7 Å². The summed E-state index contributed by atoms with van der Waals surface area (Å²) in [5, 5.41) is 8.75. The third-order valence-corrected chi connectivity index (χ3v) is 4.01. The van der Waals surface area contributed by atoms with Crippen molar-refractivity contribution in [1.82, 2.24) is 4.90 Å². The number of carboxylic acids is 1. The predicted octanol–water partition coefficient (Wildman–Crippen LogP) is 2.63. The number of nitrogens with zero attached hydrogens (tertiary/aromatic N) is 1. The minimum atomic E-state index is -0.848. The van der Waals surface area contributed by atoms with Crippen LogP contribution in [0.3, 0.4) is 0 Å². The molecule has 1 aliphatic rings. The number of aryl methyl sites for hydroxylation is 1. The number of hydrogen-bond acceptors (Lipinski definition) is 2. The summed E-state index contributed by atoms with van der Waals surface area (Å²) in [5.41, 5.74) is 2.55. The van der Waals surface area contributed by atoms with Gasteiger partial charge in [-0.05, 0) is 29.9 Å². The first-order chi connectivity index (χ1) is 9.49.